The molecule has 0 radical (unpaired) electrons. The van der Waals surface area contributed by atoms with Crippen molar-refractivity contribution in [3.8, 4) is 0 Å². The maximum Gasteiger partial charge on any atom is 0.417 e. The minimum Gasteiger partial charge on any atom is -0.464 e. The van der Waals surface area contributed by atoms with Crippen LogP contribution in [0.25, 0.3) is 0 Å². The van der Waals surface area contributed by atoms with E-state index in [1.54, 1.807) is 24.3 Å². The van der Waals surface area contributed by atoms with Crippen molar-refractivity contribution in [2.45, 2.75) is 37.3 Å². The van der Waals surface area contributed by atoms with Crippen LogP contribution in [-0.4, -0.2) is 35.0 Å². The highest BCUT2D eigenvalue weighted by molar-refractivity contribution is 6.13. The van der Waals surface area contributed by atoms with Crippen LogP contribution in [-0.2, 0) is 30.6 Å². The largest absolute Gasteiger partial charge is 0.464 e. The molecule has 0 atom stereocenters. The predicted molar refractivity (Wildman–Crippen MR) is 193 cm³/mol. The van der Waals surface area contributed by atoms with Crippen molar-refractivity contribution < 1.29 is 14.7 Å². The molecule has 0 fully saturated rings. The normalized spacial score (nSPS) is 12.9. The van der Waals surface area contributed by atoms with Crippen molar-refractivity contribution in [1.29, 1.82) is 5.41 Å². The van der Waals surface area contributed by atoms with Gasteiger partial charge < -0.3 is 15.7 Å². The second-order valence-electron chi connectivity index (χ2n) is 12.0. The minimum absolute atomic E-state index is 0. The first kappa shape index (κ1) is 34.1. The fourth-order valence-corrected chi connectivity index (χ4v) is 6.44. The summed E-state index contributed by atoms with van der Waals surface area (Å²) in [6.45, 7) is 0.873. The van der Waals surface area contributed by atoms with Crippen LogP contribution in [0.15, 0.2) is 140 Å². The number of anilines is 1. The highest BCUT2D eigenvalue weighted by Crippen LogP contribution is 2.32. The van der Waals surface area contributed by atoms with Gasteiger partial charge in [0.1, 0.15) is 11.4 Å². The predicted octanol–water partition coefficient (Wildman–Crippen LogP) is 7.39. The molecule has 0 saturated carbocycles. The van der Waals surface area contributed by atoms with E-state index in [2.05, 4.69) is 47.0 Å². The molecular weight excluding hydrogens is 620 g/mol. The Morgan fingerprint density at radius 2 is 1.21 bits per heavy atom. The van der Waals surface area contributed by atoms with Crippen molar-refractivity contribution >= 4 is 35.9 Å². The Hall–Kier alpha value is -5.24. The molecule has 0 aliphatic heterocycles. The Morgan fingerprint density at radius 3 is 1.73 bits per heavy atom. The second kappa shape index (κ2) is 15.6. The number of hydrogen-bond donors (Lipinski definition) is 4. The fourth-order valence-electron chi connectivity index (χ4n) is 6.44. The minimum atomic E-state index is -1.22. The number of rotatable bonds is 11. The van der Waals surface area contributed by atoms with E-state index in [9.17, 15) is 14.7 Å². The van der Waals surface area contributed by atoms with Crippen molar-refractivity contribution in [2.24, 2.45) is 0 Å². The van der Waals surface area contributed by atoms with Crippen LogP contribution in [0.5, 0.6) is 0 Å². The number of carboxylic acid groups (broad SMARTS) is 1. The Balaban J connectivity index is 0.00000451. The van der Waals surface area contributed by atoms with E-state index in [1.807, 2.05) is 78.9 Å². The van der Waals surface area contributed by atoms with Crippen molar-refractivity contribution in [1.82, 2.24) is 10.6 Å². The smallest absolute Gasteiger partial charge is 0.417 e. The fraction of sp³-hybridized carbons (Fsp3) is 0.175. The number of nitrogens with one attached hydrogen (secondary N) is 3. The Labute approximate surface area is 287 Å². The molecule has 0 heterocycles. The van der Waals surface area contributed by atoms with Gasteiger partial charge in [-0.1, -0.05) is 127 Å². The molecule has 244 valence electrons. The van der Waals surface area contributed by atoms with Crippen LogP contribution in [0.3, 0.4) is 0 Å². The molecule has 0 bridgehead atoms. The van der Waals surface area contributed by atoms with Crippen LogP contribution in [0, 0.1) is 5.41 Å². The molecule has 2 amide bonds. The summed E-state index contributed by atoms with van der Waals surface area (Å²) in [4.78, 5) is 27.2. The van der Waals surface area contributed by atoms with Crippen LogP contribution >= 0.6 is 12.4 Å². The van der Waals surface area contributed by atoms with Gasteiger partial charge in [-0.3, -0.25) is 10.2 Å². The molecule has 0 spiro atoms. The summed E-state index contributed by atoms with van der Waals surface area (Å²) in [5.74, 6) is -0.0477. The SMILES string of the molecule is Cl.N=C(Cc1ccccc1)N(C(=O)O)c1ccc(CNC(=O)C2(NCC(c3ccccc3)c3ccccc3)Cc3ccccc3C2)cc1. The van der Waals surface area contributed by atoms with Crippen molar-refractivity contribution in [3.63, 3.8) is 0 Å². The first-order valence-corrected chi connectivity index (χ1v) is 15.9. The molecule has 6 rings (SSSR count). The number of amidine groups is 1. The van der Waals surface area contributed by atoms with Gasteiger partial charge in [0.25, 0.3) is 0 Å². The molecule has 5 aromatic carbocycles. The van der Waals surface area contributed by atoms with E-state index in [0.29, 0.717) is 25.1 Å². The lowest BCUT2D eigenvalue weighted by Gasteiger charge is -2.32. The molecule has 4 N–H and O–H groups in total. The molecule has 48 heavy (non-hydrogen) atoms. The Morgan fingerprint density at radius 1 is 0.708 bits per heavy atom. The van der Waals surface area contributed by atoms with E-state index in [0.717, 1.165) is 16.0 Å². The third-order valence-corrected chi connectivity index (χ3v) is 8.91. The van der Waals surface area contributed by atoms with Crippen LogP contribution in [0.4, 0.5) is 10.5 Å². The molecule has 1 aliphatic rings. The third-order valence-electron chi connectivity index (χ3n) is 8.91. The van der Waals surface area contributed by atoms with E-state index < -0.39 is 11.6 Å². The molecule has 7 nitrogen and oxygen atoms in total. The second-order valence-corrected chi connectivity index (χ2v) is 12.0. The average molecular weight is 659 g/mol. The lowest BCUT2D eigenvalue weighted by molar-refractivity contribution is -0.127. The summed E-state index contributed by atoms with van der Waals surface area (Å²) in [7, 11) is 0. The molecule has 0 aromatic heterocycles. The number of amides is 2. The number of halogens is 1. The monoisotopic (exact) mass is 658 g/mol. The summed E-state index contributed by atoms with van der Waals surface area (Å²) in [6.07, 6.45) is 0.144. The highest BCUT2D eigenvalue weighted by atomic mass is 35.5. The van der Waals surface area contributed by atoms with Crippen molar-refractivity contribution in [3.05, 3.63) is 173 Å². The number of nitrogens with zero attached hydrogens (tertiary/aromatic N) is 1. The number of carbonyl (C=O) groups excluding carboxylic acids is 1. The summed E-state index contributed by atoms with van der Waals surface area (Å²) < 4.78 is 0. The zero-order valence-electron chi connectivity index (χ0n) is 26.5. The summed E-state index contributed by atoms with van der Waals surface area (Å²) in [5.41, 5.74) is 5.96. The third kappa shape index (κ3) is 7.82. The van der Waals surface area contributed by atoms with Crippen molar-refractivity contribution in [2.75, 3.05) is 11.4 Å². The van der Waals surface area contributed by atoms with Gasteiger partial charge in [0.05, 0.1) is 5.69 Å². The van der Waals surface area contributed by atoms with E-state index in [4.69, 9.17) is 5.41 Å². The molecule has 1 aliphatic carbocycles. The topological polar surface area (TPSA) is 106 Å². The quantitative estimate of drug-likeness (QED) is 0.0877. The Kier molecular flexibility index (Phi) is 11.1. The lowest BCUT2D eigenvalue weighted by Crippen LogP contribution is -2.58. The van der Waals surface area contributed by atoms with E-state index in [1.165, 1.54) is 22.3 Å². The van der Waals surface area contributed by atoms with Gasteiger partial charge in [-0.2, -0.15) is 0 Å². The summed E-state index contributed by atoms with van der Waals surface area (Å²) >= 11 is 0. The van der Waals surface area contributed by atoms with Gasteiger partial charge in [-0.15, -0.1) is 12.4 Å². The average Bonchev–Trinajstić information content (AvgIpc) is 3.49. The number of benzene rings is 5. The molecule has 8 heteroatoms. The number of fused-ring (bicyclic) bond motifs is 1. The van der Waals surface area contributed by atoms with E-state index in [-0.39, 0.29) is 43.0 Å². The first-order valence-electron chi connectivity index (χ1n) is 15.9. The molecule has 0 unspecified atom stereocenters. The van der Waals surface area contributed by atoms with E-state index >= 15 is 0 Å². The number of carbonyl (C=O) groups is 2. The Bertz CT molecular complexity index is 1770. The summed E-state index contributed by atoms with van der Waals surface area (Å²) in [5, 5.41) is 25.3. The first-order chi connectivity index (χ1) is 22.9. The van der Waals surface area contributed by atoms with Gasteiger partial charge in [0.15, 0.2) is 0 Å². The maximum atomic E-state index is 14.1. The zero-order chi connectivity index (χ0) is 32.6. The molecular formula is C40H39ClN4O3. The molecule has 0 saturated heterocycles. The lowest BCUT2D eigenvalue weighted by atomic mass is 9.88. The maximum absolute atomic E-state index is 14.1. The van der Waals surface area contributed by atoms with Crippen LogP contribution in [0.2, 0.25) is 0 Å². The highest BCUT2D eigenvalue weighted by Gasteiger charge is 2.43. The zero-order valence-corrected chi connectivity index (χ0v) is 27.3. The van der Waals surface area contributed by atoms with Gasteiger partial charge in [0.2, 0.25) is 5.91 Å². The van der Waals surface area contributed by atoms with Gasteiger partial charge in [-0.25, -0.2) is 9.69 Å². The molecule has 5 aromatic rings. The van der Waals surface area contributed by atoms with Crippen LogP contribution < -0.4 is 15.5 Å². The van der Waals surface area contributed by atoms with Crippen LogP contribution in [0.1, 0.15) is 39.3 Å². The van der Waals surface area contributed by atoms with Gasteiger partial charge >= 0.3 is 6.09 Å². The standard InChI is InChI=1S/C40H38N4O3.ClH/c41-37(24-29-12-4-1-5-13-29)44(39(46)47)35-22-20-30(21-23-35)27-42-38(45)40(25-33-18-10-11-19-34(33)26-40)43-28-36(31-14-6-2-7-15-31)32-16-8-3-9-17-32;/h1-23,36,41,43H,24-28H2,(H,42,45)(H,46,47);1H. The van der Waals surface area contributed by atoms with Gasteiger partial charge in [0, 0.05) is 38.3 Å². The summed E-state index contributed by atoms with van der Waals surface area (Å²) in [6, 6.07) is 45.3. The van der Waals surface area contributed by atoms with Gasteiger partial charge in [-0.05, 0) is 45.5 Å². The number of hydrogen-bond acceptors (Lipinski definition) is 4.